The van der Waals surface area contributed by atoms with Gasteiger partial charge in [-0.25, -0.2) is 19.2 Å². The number of allylic oxidation sites excluding steroid dienone is 6. The summed E-state index contributed by atoms with van der Waals surface area (Å²) >= 11 is 0. The van der Waals surface area contributed by atoms with Crippen molar-refractivity contribution < 1.29 is 67.5 Å². The van der Waals surface area contributed by atoms with Gasteiger partial charge in [-0.15, -0.1) is 0 Å². The van der Waals surface area contributed by atoms with Crippen LogP contribution in [0.15, 0.2) is 91.1 Å². The number of carbonyl (C=O) groups is 7. The van der Waals surface area contributed by atoms with Gasteiger partial charge in [0.25, 0.3) is 0 Å². The number of carbonyl (C=O) groups excluding carboxylic acids is 6. The molecule has 3 rings (SSSR count). The monoisotopic (exact) mass is 756 g/mol. The molecule has 0 radical (unpaired) electrons. The fourth-order valence-corrected chi connectivity index (χ4v) is 4.22. The second-order valence-corrected chi connectivity index (χ2v) is 10.3. The molecule has 1 aliphatic heterocycles. The maximum absolute atomic E-state index is 12.9. The number of para-hydroxylation sites is 1. The van der Waals surface area contributed by atoms with Crippen molar-refractivity contribution in [3.8, 4) is 17.2 Å². The second-order valence-electron chi connectivity index (χ2n) is 10.3. The molecule has 2 atom stereocenters. The molecule has 0 bridgehead atoms. The van der Waals surface area contributed by atoms with E-state index in [1.807, 2.05) is 6.07 Å². The van der Waals surface area contributed by atoms with E-state index in [0.29, 0.717) is 23.5 Å². The van der Waals surface area contributed by atoms with E-state index in [4.69, 9.17) is 14.2 Å². The first-order chi connectivity index (χ1) is 23.3. The van der Waals surface area contributed by atoms with Crippen molar-refractivity contribution in [3.05, 3.63) is 102 Å². The van der Waals surface area contributed by atoms with Crippen molar-refractivity contribution in [1.82, 2.24) is 0 Å². The normalized spacial score (nSPS) is 13.4. The molecule has 51 heavy (non-hydrogen) atoms. The van der Waals surface area contributed by atoms with Crippen molar-refractivity contribution in [2.24, 2.45) is 0 Å². The first kappa shape index (κ1) is 46.1. The zero-order valence-corrected chi connectivity index (χ0v) is 26.4. The van der Waals surface area contributed by atoms with E-state index in [0.717, 1.165) is 17.7 Å². The van der Waals surface area contributed by atoms with Crippen molar-refractivity contribution in [2.75, 3.05) is 0 Å². The van der Waals surface area contributed by atoms with Crippen molar-refractivity contribution in [1.29, 1.82) is 0 Å². The summed E-state index contributed by atoms with van der Waals surface area (Å²) in [5, 5.41) is 20.6. The number of ether oxygens (including phenoxy) is 5. The van der Waals surface area contributed by atoms with Crippen LogP contribution in [0.4, 0.5) is 0 Å². The number of esters is 6. The Kier molecular flexibility index (Phi) is 20.7. The summed E-state index contributed by atoms with van der Waals surface area (Å²) in [6.07, 6.45) is 4.53. The molecule has 2 aromatic rings. The van der Waals surface area contributed by atoms with Gasteiger partial charge in [-0.2, -0.15) is 0 Å². The predicted octanol–water partition coefficient (Wildman–Crippen LogP) is 2.29. The number of rotatable bonds is 14. The number of benzene rings is 2. The third-order valence-corrected chi connectivity index (χ3v) is 6.52. The second kappa shape index (κ2) is 22.9. The molecule has 0 aromatic heterocycles. The molecule has 1 heterocycles. The van der Waals surface area contributed by atoms with E-state index >= 15 is 0 Å². The minimum atomic E-state index is -3.11. The van der Waals surface area contributed by atoms with Gasteiger partial charge in [-0.05, 0) is 37.6 Å². The number of carboxylic acids is 1. The van der Waals surface area contributed by atoms with Gasteiger partial charge in [0.15, 0.2) is 5.60 Å². The number of fused-ring (bicyclic) bond motifs is 2. The third-order valence-electron chi connectivity index (χ3n) is 6.52. The summed E-state index contributed by atoms with van der Waals surface area (Å²) in [6, 6.07) is 11.8. The molecule has 0 aliphatic carbocycles. The van der Waals surface area contributed by atoms with Crippen molar-refractivity contribution >= 4 is 145 Å². The number of carboxylic acid groups (broad SMARTS) is 1. The number of hydrogen-bond acceptors (Lipinski definition) is 13. The molecule has 0 saturated carbocycles. The van der Waals surface area contributed by atoms with Gasteiger partial charge in [0.2, 0.25) is 6.10 Å². The summed E-state index contributed by atoms with van der Waals surface area (Å²) in [6.45, 7) is 3.32. The Bertz CT molecular complexity index is 1740. The molecule has 2 N–H and O–H groups in total. The molecule has 16 heteroatoms. The van der Waals surface area contributed by atoms with Crippen LogP contribution in [0.1, 0.15) is 44.2 Å². The standard InChI is InChI=1S/C35H32O14.2K.2H/c1-3-5-7-16-28(36)48-30(38)19-27(33(41)49-29(37)17-8-6-4-2)47-32(40)21-35(44,34(42)43)20-31(39)46-26-15-11-14-25-23(26)18-22-12-9-10-13-24(22)45-25;;;;/h3-17,27,44H,18-21H2,1-2H3,(H,42,43);;;;/b5-3+,6-4+,16-7+,17-8+;;;;. The number of hydrogen-bond donors (Lipinski definition) is 2. The quantitative estimate of drug-likeness (QED) is 0.0461. The number of aliphatic hydroxyl groups is 1. The predicted molar refractivity (Wildman–Crippen MR) is 182 cm³/mol. The van der Waals surface area contributed by atoms with Gasteiger partial charge in [-0.1, -0.05) is 60.7 Å². The van der Waals surface area contributed by atoms with Gasteiger partial charge < -0.3 is 33.9 Å². The molecule has 0 saturated heterocycles. The van der Waals surface area contributed by atoms with Gasteiger partial charge in [0.1, 0.15) is 17.2 Å². The van der Waals surface area contributed by atoms with E-state index in [1.165, 1.54) is 36.4 Å². The summed E-state index contributed by atoms with van der Waals surface area (Å²) in [4.78, 5) is 86.6. The molecule has 1 aliphatic rings. The summed E-state index contributed by atoms with van der Waals surface area (Å²) in [5.74, 6) is -9.14. The summed E-state index contributed by atoms with van der Waals surface area (Å²) in [7, 11) is 0. The van der Waals surface area contributed by atoms with Gasteiger partial charge in [-0.3, -0.25) is 14.4 Å². The van der Waals surface area contributed by atoms with Crippen molar-refractivity contribution in [2.45, 2.75) is 51.2 Å². The zero-order chi connectivity index (χ0) is 36.0. The Morgan fingerprint density at radius 1 is 0.784 bits per heavy atom. The molecule has 0 spiro atoms. The SMILES string of the molecule is C/C=C/C=C/C(=O)OC(=O)CC(OC(=O)CC(O)(CC(=O)Oc1cccc2c1Cc1ccccc1O2)C(=O)O)C(=O)OC(=O)/C=C/C=C/C.[KH].[KH]. The van der Waals surface area contributed by atoms with Gasteiger partial charge >= 0.3 is 145 Å². The van der Waals surface area contributed by atoms with Crippen LogP contribution >= 0.6 is 0 Å². The molecule has 2 unspecified atom stereocenters. The number of aliphatic carboxylic acids is 1. The van der Waals surface area contributed by atoms with E-state index in [1.54, 1.807) is 50.3 Å². The summed E-state index contributed by atoms with van der Waals surface area (Å²) in [5.41, 5.74) is -1.84. The average molecular weight is 757 g/mol. The minimum absolute atomic E-state index is 0. The Hall–Kier alpha value is -2.88. The molecule has 0 amide bonds. The first-order valence-corrected chi connectivity index (χ1v) is 14.7. The van der Waals surface area contributed by atoms with Crippen LogP contribution in [0.2, 0.25) is 0 Å². The van der Waals surface area contributed by atoms with E-state index in [9.17, 15) is 43.8 Å². The van der Waals surface area contributed by atoms with Crippen LogP contribution in [0, 0.1) is 0 Å². The van der Waals surface area contributed by atoms with Crippen LogP contribution in [-0.2, 0) is 54.2 Å². The van der Waals surface area contributed by atoms with Crippen LogP contribution in [-0.4, -0.2) is 166 Å². The first-order valence-electron chi connectivity index (χ1n) is 14.7. The average Bonchev–Trinajstić information content (AvgIpc) is 3.03. The Morgan fingerprint density at radius 3 is 2.00 bits per heavy atom. The van der Waals surface area contributed by atoms with E-state index in [-0.39, 0.29) is 109 Å². The Morgan fingerprint density at radius 2 is 1.37 bits per heavy atom. The van der Waals surface area contributed by atoms with E-state index < -0.39 is 72.8 Å². The fourth-order valence-electron chi connectivity index (χ4n) is 4.22. The molecular weight excluding hydrogens is 723 g/mol. The van der Waals surface area contributed by atoms with Crippen LogP contribution in [0.25, 0.3) is 0 Å². The van der Waals surface area contributed by atoms with Gasteiger partial charge in [0, 0.05) is 24.1 Å². The third kappa shape index (κ3) is 14.9. The molecule has 260 valence electrons. The topological polar surface area (TPSA) is 206 Å². The molecule has 2 aromatic carbocycles. The van der Waals surface area contributed by atoms with Crippen LogP contribution < -0.4 is 9.47 Å². The molecular formula is C35H34K2O14. The van der Waals surface area contributed by atoms with Crippen LogP contribution in [0.3, 0.4) is 0 Å². The maximum atomic E-state index is 12.9. The molecule has 0 fully saturated rings. The molecule has 14 nitrogen and oxygen atoms in total. The Labute approximate surface area is 377 Å². The Balaban J connectivity index is 0.00000650. The fraction of sp³-hybridized carbons (Fsp3) is 0.229. The van der Waals surface area contributed by atoms with E-state index in [2.05, 4.69) is 9.47 Å². The van der Waals surface area contributed by atoms with Crippen molar-refractivity contribution in [3.63, 3.8) is 0 Å². The summed E-state index contributed by atoms with van der Waals surface area (Å²) < 4.78 is 25.2. The van der Waals surface area contributed by atoms with Crippen LogP contribution in [0.5, 0.6) is 17.2 Å². The van der Waals surface area contributed by atoms with Gasteiger partial charge in [0.05, 0.1) is 19.3 Å². The zero-order valence-electron chi connectivity index (χ0n) is 26.4.